The molecule has 0 aromatic heterocycles. The lowest BCUT2D eigenvalue weighted by Crippen LogP contribution is -2.36. The largest absolute Gasteiger partial charge is 0.493 e. The van der Waals surface area contributed by atoms with Crippen LogP contribution in [0.25, 0.3) is 0 Å². The lowest BCUT2D eigenvalue weighted by atomic mass is 10.1. The molecule has 1 aromatic rings. The quantitative estimate of drug-likeness (QED) is 0.738. The number of methoxy groups -OCH3 is 1. The van der Waals surface area contributed by atoms with Crippen molar-refractivity contribution in [2.24, 2.45) is 5.92 Å². The van der Waals surface area contributed by atoms with Gasteiger partial charge in [-0.1, -0.05) is 12.1 Å². The molecule has 0 saturated carbocycles. The summed E-state index contributed by atoms with van der Waals surface area (Å²) in [6.07, 6.45) is 0.365. The van der Waals surface area contributed by atoms with Crippen LogP contribution in [0, 0.1) is 17.2 Å². The third kappa shape index (κ3) is 4.67. The van der Waals surface area contributed by atoms with Crippen LogP contribution in [0.15, 0.2) is 24.3 Å². The second-order valence-corrected chi connectivity index (χ2v) is 4.48. The van der Waals surface area contributed by atoms with Crippen molar-refractivity contribution in [1.82, 2.24) is 4.90 Å². The van der Waals surface area contributed by atoms with Gasteiger partial charge >= 0.3 is 0 Å². The summed E-state index contributed by atoms with van der Waals surface area (Å²) in [6, 6.07) is 9.37. The van der Waals surface area contributed by atoms with Crippen molar-refractivity contribution in [1.29, 1.82) is 5.26 Å². The molecule has 5 nitrogen and oxygen atoms in total. The molecular weight excluding hydrogens is 268 g/mol. The molecule has 0 aliphatic rings. The number of amides is 1. The van der Waals surface area contributed by atoms with Gasteiger partial charge in [0.2, 0.25) is 5.91 Å². The van der Waals surface area contributed by atoms with E-state index >= 15 is 0 Å². The summed E-state index contributed by atoms with van der Waals surface area (Å²) in [6.45, 7) is 5.33. The first-order valence-electron chi connectivity index (χ1n) is 7.12. The number of nitriles is 1. The smallest absolute Gasteiger partial charge is 0.240 e. The van der Waals surface area contributed by atoms with Crippen LogP contribution >= 0.6 is 0 Å². The first-order chi connectivity index (χ1) is 10.2. The number of hydrogen-bond donors (Lipinski definition) is 0. The van der Waals surface area contributed by atoms with Gasteiger partial charge in [0.1, 0.15) is 5.92 Å². The van der Waals surface area contributed by atoms with E-state index in [-0.39, 0.29) is 5.91 Å². The van der Waals surface area contributed by atoms with Crippen LogP contribution in [-0.4, -0.2) is 37.6 Å². The molecule has 5 heteroatoms. The Balaban J connectivity index is 2.57. The van der Waals surface area contributed by atoms with Crippen LogP contribution in [0.3, 0.4) is 0 Å². The topological polar surface area (TPSA) is 62.6 Å². The molecule has 1 amide bonds. The summed E-state index contributed by atoms with van der Waals surface area (Å²) in [5.74, 6) is 0.457. The third-order valence-corrected chi connectivity index (χ3v) is 3.26. The molecule has 0 heterocycles. The Bertz CT molecular complexity index is 493. The molecule has 0 saturated heterocycles. The summed E-state index contributed by atoms with van der Waals surface area (Å²) in [7, 11) is 1.57. The van der Waals surface area contributed by atoms with E-state index in [1.807, 2.05) is 26.0 Å². The van der Waals surface area contributed by atoms with Crippen molar-refractivity contribution in [3.05, 3.63) is 24.3 Å². The van der Waals surface area contributed by atoms with Gasteiger partial charge in [-0.3, -0.25) is 4.79 Å². The van der Waals surface area contributed by atoms with Gasteiger partial charge in [0, 0.05) is 19.5 Å². The van der Waals surface area contributed by atoms with Crippen molar-refractivity contribution < 1.29 is 14.3 Å². The number of carbonyl (C=O) groups is 1. The minimum atomic E-state index is -0.667. The molecule has 0 N–H and O–H groups in total. The second-order valence-electron chi connectivity index (χ2n) is 4.48. The molecule has 1 unspecified atom stereocenters. The first-order valence-corrected chi connectivity index (χ1v) is 7.12. The normalized spacial score (nSPS) is 11.3. The van der Waals surface area contributed by atoms with Crippen LogP contribution in [0.5, 0.6) is 11.5 Å². The summed E-state index contributed by atoms with van der Waals surface area (Å²) in [4.78, 5) is 13.8. The Morgan fingerprint density at radius 2 is 1.90 bits per heavy atom. The van der Waals surface area contributed by atoms with Crippen molar-refractivity contribution >= 4 is 5.91 Å². The number of carbonyl (C=O) groups excluding carboxylic acids is 1. The van der Waals surface area contributed by atoms with Crippen LogP contribution in [-0.2, 0) is 4.79 Å². The summed E-state index contributed by atoms with van der Waals surface area (Å²) >= 11 is 0. The highest BCUT2D eigenvalue weighted by Gasteiger charge is 2.22. The van der Waals surface area contributed by atoms with Gasteiger partial charge in [0.15, 0.2) is 11.5 Å². The Kier molecular flexibility index (Phi) is 7.10. The highest BCUT2D eigenvalue weighted by molar-refractivity contribution is 5.81. The van der Waals surface area contributed by atoms with Crippen LogP contribution < -0.4 is 9.47 Å². The van der Waals surface area contributed by atoms with Gasteiger partial charge in [-0.2, -0.15) is 5.26 Å². The fourth-order valence-corrected chi connectivity index (χ4v) is 2.02. The van der Waals surface area contributed by atoms with Gasteiger partial charge in [0.25, 0.3) is 0 Å². The fraction of sp³-hybridized carbons (Fsp3) is 0.500. The van der Waals surface area contributed by atoms with E-state index in [9.17, 15) is 4.79 Å². The van der Waals surface area contributed by atoms with Crippen LogP contribution in [0.2, 0.25) is 0 Å². The van der Waals surface area contributed by atoms with E-state index in [4.69, 9.17) is 14.7 Å². The van der Waals surface area contributed by atoms with Gasteiger partial charge in [-0.05, 0) is 26.0 Å². The number of rotatable bonds is 8. The molecular formula is C16H22N2O3. The Morgan fingerprint density at radius 3 is 2.43 bits per heavy atom. The highest BCUT2D eigenvalue weighted by Crippen LogP contribution is 2.26. The minimum Gasteiger partial charge on any atom is -0.493 e. The molecule has 0 fully saturated rings. The summed E-state index contributed by atoms with van der Waals surface area (Å²) < 4.78 is 10.8. The van der Waals surface area contributed by atoms with Gasteiger partial charge < -0.3 is 14.4 Å². The van der Waals surface area contributed by atoms with E-state index in [0.29, 0.717) is 37.6 Å². The third-order valence-electron chi connectivity index (χ3n) is 3.26. The molecule has 0 aliphatic carbocycles. The number of para-hydroxylation sites is 2. The van der Waals surface area contributed by atoms with Gasteiger partial charge in [-0.25, -0.2) is 0 Å². The standard InChI is InChI=1S/C16H22N2O3/c1-4-18(5-2)16(19)13(12-17)10-11-21-15-9-7-6-8-14(15)20-3/h6-9,13H,4-5,10-11H2,1-3H3. The van der Waals surface area contributed by atoms with E-state index in [1.165, 1.54) is 0 Å². The molecule has 1 atom stereocenters. The average molecular weight is 290 g/mol. The zero-order chi connectivity index (χ0) is 15.7. The Labute approximate surface area is 126 Å². The average Bonchev–Trinajstić information content (AvgIpc) is 2.53. The zero-order valence-electron chi connectivity index (χ0n) is 12.8. The van der Waals surface area contributed by atoms with E-state index in [0.717, 1.165) is 0 Å². The molecule has 0 radical (unpaired) electrons. The van der Waals surface area contributed by atoms with E-state index in [2.05, 4.69) is 6.07 Å². The monoisotopic (exact) mass is 290 g/mol. The number of hydrogen-bond acceptors (Lipinski definition) is 4. The number of ether oxygens (including phenoxy) is 2. The maximum atomic E-state index is 12.1. The minimum absolute atomic E-state index is 0.133. The maximum Gasteiger partial charge on any atom is 0.240 e. The molecule has 114 valence electrons. The molecule has 1 rings (SSSR count). The predicted octanol–water partition coefficient (Wildman–Crippen LogP) is 2.47. The van der Waals surface area contributed by atoms with Crippen molar-refractivity contribution in [3.63, 3.8) is 0 Å². The predicted molar refractivity (Wildman–Crippen MR) is 80.1 cm³/mol. The number of nitrogens with zero attached hydrogens (tertiary/aromatic N) is 2. The Morgan fingerprint density at radius 1 is 1.29 bits per heavy atom. The van der Waals surface area contributed by atoms with E-state index < -0.39 is 5.92 Å². The fourth-order valence-electron chi connectivity index (χ4n) is 2.02. The zero-order valence-corrected chi connectivity index (χ0v) is 12.8. The van der Waals surface area contributed by atoms with Crippen molar-refractivity contribution in [3.8, 4) is 17.6 Å². The molecule has 0 aliphatic heterocycles. The van der Waals surface area contributed by atoms with Gasteiger partial charge in [-0.15, -0.1) is 0 Å². The van der Waals surface area contributed by atoms with Crippen molar-refractivity contribution in [2.45, 2.75) is 20.3 Å². The molecule has 0 bridgehead atoms. The van der Waals surface area contributed by atoms with Crippen molar-refractivity contribution in [2.75, 3.05) is 26.8 Å². The summed E-state index contributed by atoms with van der Waals surface area (Å²) in [5, 5.41) is 9.16. The lowest BCUT2D eigenvalue weighted by molar-refractivity contribution is -0.133. The molecule has 0 spiro atoms. The summed E-state index contributed by atoms with van der Waals surface area (Å²) in [5.41, 5.74) is 0. The first kappa shape index (κ1) is 16.8. The molecule has 1 aromatic carbocycles. The highest BCUT2D eigenvalue weighted by atomic mass is 16.5. The Hall–Kier alpha value is -2.22. The van der Waals surface area contributed by atoms with E-state index in [1.54, 1.807) is 24.1 Å². The molecule has 21 heavy (non-hydrogen) atoms. The van der Waals surface area contributed by atoms with Crippen LogP contribution in [0.4, 0.5) is 0 Å². The lowest BCUT2D eigenvalue weighted by Gasteiger charge is -2.21. The SMILES string of the molecule is CCN(CC)C(=O)C(C#N)CCOc1ccccc1OC. The maximum absolute atomic E-state index is 12.1. The second kappa shape index (κ2) is 8.85. The van der Waals surface area contributed by atoms with Crippen LogP contribution in [0.1, 0.15) is 20.3 Å². The van der Waals surface area contributed by atoms with Gasteiger partial charge in [0.05, 0.1) is 19.8 Å². The number of benzene rings is 1.